The number of ether oxygens (including phenoxy) is 2. The van der Waals surface area contributed by atoms with Gasteiger partial charge >= 0.3 is 5.97 Å². The van der Waals surface area contributed by atoms with Crippen molar-refractivity contribution in [2.24, 2.45) is 0 Å². The van der Waals surface area contributed by atoms with Gasteiger partial charge in [0.25, 0.3) is 0 Å². The van der Waals surface area contributed by atoms with Crippen LogP contribution in [0.4, 0.5) is 0 Å². The third-order valence-electron chi connectivity index (χ3n) is 1.72. The lowest BCUT2D eigenvalue weighted by Crippen LogP contribution is -2.33. The summed E-state index contributed by atoms with van der Waals surface area (Å²) in [6.07, 6.45) is 2.79. The predicted octanol–water partition coefficient (Wildman–Crippen LogP) is 1.93. The molecule has 0 amide bonds. The van der Waals surface area contributed by atoms with Crippen LogP contribution in [0.25, 0.3) is 5.76 Å². The van der Waals surface area contributed by atoms with E-state index in [4.69, 9.17) is 13.9 Å². The zero-order chi connectivity index (χ0) is 10.2. The summed E-state index contributed by atoms with van der Waals surface area (Å²) < 4.78 is 15.4. The van der Waals surface area contributed by atoms with Gasteiger partial charge in [0.2, 0.25) is 5.79 Å². The summed E-state index contributed by atoms with van der Waals surface area (Å²) in [5, 5.41) is 0. The second kappa shape index (κ2) is 2.90. The standard InChI is InChI=1S/C10H10O4/c1-10(2)13-8(6-9(11)14-10)7-4-3-5-12-7/h3-6H,1-2H3. The van der Waals surface area contributed by atoms with Crippen molar-refractivity contribution in [3.05, 3.63) is 30.2 Å². The Morgan fingerprint density at radius 3 is 2.64 bits per heavy atom. The van der Waals surface area contributed by atoms with E-state index in [1.165, 1.54) is 12.3 Å². The second-order valence-electron chi connectivity index (χ2n) is 3.41. The molecule has 1 aromatic rings. The van der Waals surface area contributed by atoms with E-state index < -0.39 is 11.8 Å². The van der Waals surface area contributed by atoms with Gasteiger partial charge in [0.1, 0.15) is 0 Å². The number of carbonyl (C=O) groups is 1. The number of carbonyl (C=O) groups excluding carboxylic acids is 1. The van der Waals surface area contributed by atoms with Crippen LogP contribution in [0, 0.1) is 0 Å². The fourth-order valence-electron chi connectivity index (χ4n) is 1.23. The zero-order valence-electron chi connectivity index (χ0n) is 7.94. The van der Waals surface area contributed by atoms with E-state index in [-0.39, 0.29) is 0 Å². The van der Waals surface area contributed by atoms with Crippen LogP contribution in [0.1, 0.15) is 19.6 Å². The maximum absolute atomic E-state index is 11.2. The van der Waals surface area contributed by atoms with Crippen molar-refractivity contribution in [3.8, 4) is 0 Å². The number of cyclic esters (lactones) is 1. The minimum atomic E-state index is -0.937. The molecule has 0 radical (unpaired) electrons. The maximum Gasteiger partial charge on any atom is 0.337 e. The molecule has 2 rings (SSSR count). The highest BCUT2D eigenvalue weighted by Gasteiger charge is 2.31. The van der Waals surface area contributed by atoms with Gasteiger partial charge in [-0.1, -0.05) is 0 Å². The van der Waals surface area contributed by atoms with Crippen LogP contribution in [0.3, 0.4) is 0 Å². The molecule has 14 heavy (non-hydrogen) atoms. The van der Waals surface area contributed by atoms with Crippen molar-refractivity contribution in [2.45, 2.75) is 19.6 Å². The molecule has 2 heterocycles. The van der Waals surface area contributed by atoms with E-state index in [9.17, 15) is 4.79 Å². The van der Waals surface area contributed by atoms with E-state index in [0.717, 1.165) is 0 Å². The molecule has 0 bridgehead atoms. The first kappa shape index (κ1) is 8.87. The summed E-state index contributed by atoms with van der Waals surface area (Å²) in [6.45, 7) is 3.34. The van der Waals surface area contributed by atoms with Crippen LogP contribution in [0.2, 0.25) is 0 Å². The highest BCUT2D eigenvalue weighted by Crippen LogP contribution is 2.28. The molecule has 4 nitrogen and oxygen atoms in total. The smallest absolute Gasteiger partial charge is 0.337 e. The van der Waals surface area contributed by atoms with Gasteiger partial charge in [-0.15, -0.1) is 0 Å². The minimum absolute atomic E-state index is 0.399. The quantitative estimate of drug-likeness (QED) is 0.641. The van der Waals surface area contributed by atoms with Crippen molar-refractivity contribution >= 4 is 11.7 Å². The van der Waals surface area contributed by atoms with E-state index in [0.29, 0.717) is 11.5 Å². The van der Waals surface area contributed by atoms with Crippen molar-refractivity contribution in [1.29, 1.82) is 0 Å². The molecule has 0 spiro atoms. The number of hydrogen-bond acceptors (Lipinski definition) is 4. The normalized spacial score (nSPS) is 19.6. The van der Waals surface area contributed by atoms with E-state index in [1.807, 2.05) is 0 Å². The predicted molar refractivity (Wildman–Crippen MR) is 47.9 cm³/mol. The molecule has 0 fully saturated rings. The topological polar surface area (TPSA) is 48.7 Å². The third-order valence-corrected chi connectivity index (χ3v) is 1.72. The Morgan fingerprint density at radius 1 is 1.29 bits per heavy atom. The average Bonchev–Trinajstić information content (AvgIpc) is 2.51. The fourth-order valence-corrected chi connectivity index (χ4v) is 1.23. The van der Waals surface area contributed by atoms with Gasteiger partial charge in [0.05, 0.1) is 12.3 Å². The Balaban J connectivity index is 2.33. The minimum Gasteiger partial charge on any atom is -0.461 e. The van der Waals surface area contributed by atoms with Gasteiger partial charge in [-0.25, -0.2) is 4.79 Å². The average molecular weight is 194 g/mol. The number of furan rings is 1. The summed E-state index contributed by atoms with van der Waals surface area (Å²) in [5.74, 6) is -0.438. The van der Waals surface area contributed by atoms with Gasteiger partial charge in [-0.3, -0.25) is 0 Å². The van der Waals surface area contributed by atoms with Gasteiger partial charge in [0, 0.05) is 13.8 Å². The van der Waals surface area contributed by atoms with E-state index in [2.05, 4.69) is 0 Å². The van der Waals surface area contributed by atoms with Gasteiger partial charge < -0.3 is 13.9 Å². The molecule has 0 aliphatic carbocycles. The number of esters is 1. The third kappa shape index (κ3) is 1.64. The van der Waals surface area contributed by atoms with Gasteiger partial charge in [-0.05, 0) is 12.1 Å². The lowest BCUT2D eigenvalue weighted by atomic mass is 10.3. The Kier molecular flexibility index (Phi) is 1.84. The maximum atomic E-state index is 11.2. The summed E-state index contributed by atoms with van der Waals surface area (Å²) in [4.78, 5) is 11.2. The molecule has 0 saturated carbocycles. The number of hydrogen-bond donors (Lipinski definition) is 0. The highest BCUT2D eigenvalue weighted by atomic mass is 16.7. The molecule has 1 aliphatic rings. The monoisotopic (exact) mass is 194 g/mol. The molecule has 1 aromatic heterocycles. The summed E-state index contributed by atoms with van der Waals surface area (Å²) in [6, 6.07) is 3.45. The molecule has 1 aliphatic heterocycles. The lowest BCUT2D eigenvalue weighted by Gasteiger charge is -2.29. The zero-order valence-corrected chi connectivity index (χ0v) is 7.94. The van der Waals surface area contributed by atoms with Crippen LogP contribution in [0.15, 0.2) is 28.9 Å². The molecule has 0 saturated heterocycles. The molecule has 0 unspecified atom stereocenters. The molecule has 0 aromatic carbocycles. The van der Waals surface area contributed by atoms with Crippen LogP contribution < -0.4 is 0 Å². The Bertz CT molecular complexity index is 373. The van der Waals surface area contributed by atoms with Crippen LogP contribution in [-0.4, -0.2) is 11.8 Å². The summed E-state index contributed by atoms with van der Waals surface area (Å²) in [7, 11) is 0. The van der Waals surface area contributed by atoms with Crippen molar-refractivity contribution in [3.63, 3.8) is 0 Å². The van der Waals surface area contributed by atoms with Crippen molar-refractivity contribution in [1.82, 2.24) is 0 Å². The summed E-state index contributed by atoms with van der Waals surface area (Å²) in [5.41, 5.74) is 0. The van der Waals surface area contributed by atoms with E-state index in [1.54, 1.807) is 26.0 Å². The molecular formula is C10H10O4. The largest absolute Gasteiger partial charge is 0.461 e. The fraction of sp³-hybridized carbons (Fsp3) is 0.300. The molecule has 0 atom stereocenters. The molecule has 0 N–H and O–H groups in total. The Morgan fingerprint density at radius 2 is 2.07 bits per heavy atom. The second-order valence-corrected chi connectivity index (χ2v) is 3.41. The molecule has 74 valence electrons. The molecule has 4 heteroatoms. The summed E-state index contributed by atoms with van der Waals surface area (Å²) >= 11 is 0. The highest BCUT2D eigenvalue weighted by molar-refractivity contribution is 5.90. The lowest BCUT2D eigenvalue weighted by molar-refractivity contribution is -0.193. The first-order valence-corrected chi connectivity index (χ1v) is 4.24. The van der Waals surface area contributed by atoms with Crippen LogP contribution in [0.5, 0.6) is 0 Å². The number of rotatable bonds is 1. The first-order chi connectivity index (χ1) is 6.57. The van der Waals surface area contributed by atoms with Crippen molar-refractivity contribution in [2.75, 3.05) is 0 Å². The van der Waals surface area contributed by atoms with Gasteiger partial charge in [-0.2, -0.15) is 0 Å². The Hall–Kier alpha value is -1.71. The van der Waals surface area contributed by atoms with E-state index >= 15 is 0 Å². The van der Waals surface area contributed by atoms with Gasteiger partial charge in [0.15, 0.2) is 11.5 Å². The van der Waals surface area contributed by atoms with Crippen LogP contribution in [-0.2, 0) is 14.3 Å². The van der Waals surface area contributed by atoms with Crippen molar-refractivity contribution < 1.29 is 18.7 Å². The Labute approximate surface area is 81.1 Å². The SMILES string of the molecule is CC1(C)OC(=O)C=C(c2ccco2)O1. The first-order valence-electron chi connectivity index (χ1n) is 4.24. The molecular weight excluding hydrogens is 184 g/mol. The van der Waals surface area contributed by atoms with Crippen LogP contribution >= 0.6 is 0 Å².